The van der Waals surface area contributed by atoms with Crippen LogP contribution in [0.4, 0.5) is 0 Å². The summed E-state index contributed by atoms with van der Waals surface area (Å²) in [6.45, 7) is 11.2. The lowest BCUT2D eigenvalue weighted by Gasteiger charge is -2.12. The molecular formula is C33H36N8O2. The van der Waals surface area contributed by atoms with Gasteiger partial charge in [-0.05, 0) is 56.5 Å². The van der Waals surface area contributed by atoms with Crippen molar-refractivity contribution in [3.05, 3.63) is 89.0 Å². The molecular weight excluding hydrogens is 540 g/mol. The van der Waals surface area contributed by atoms with Gasteiger partial charge in [0.1, 0.15) is 0 Å². The largest absolute Gasteiger partial charge is 0.386 e. The van der Waals surface area contributed by atoms with Crippen molar-refractivity contribution in [1.29, 1.82) is 0 Å². The third-order valence-electron chi connectivity index (χ3n) is 7.85. The maximum absolute atomic E-state index is 12.1. The van der Waals surface area contributed by atoms with Crippen LogP contribution in [0.1, 0.15) is 65.7 Å². The van der Waals surface area contributed by atoms with E-state index in [2.05, 4.69) is 43.3 Å². The highest BCUT2D eigenvalue weighted by Crippen LogP contribution is 2.37. The zero-order valence-corrected chi connectivity index (χ0v) is 25.3. The maximum Gasteiger partial charge on any atom is 0.251 e. The topological polar surface area (TPSA) is 116 Å². The molecule has 1 atom stereocenters. The summed E-state index contributed by atoms with van der Waals surface area (Å²) >= 11 is 0. The van der Waals surface area contributed by atoms with Gasteiger partial charge in [0.25, 0.3) is 5.91 Å². The van der Waals surface area contributed by atoms with Crippen molar-refractivity contribution in [3.63, 3.8) is 0 Å². The van der Waals surface area contributed by atoms with Crippen LogP contribution in [0.3, 0.4) is 0 Å². The van der Waals surface area contributed by atoms with Crippen LogP contribution in [0.25, 0.3) is 38.9 Å². The van der Waals surface area contributed by atoms with Gasteiger partial charge in [-0.25, -0.2) is 9.67 Å². The lowest BCUT2D eigenvalue weighted by molar-refractivity contribution is 0.0955. The molecule has 0 bridgehead atoms. The number of nitrogens with zero attached hydrogens (tertiary/aromatic N) is 7. The lowest BCUT2D eigenvalue weighted by Crippen LogP contribution is -2.22. The van der Waals surface area contributed by atoms with E-state index in [9.17, 15) is 9.90 Å². The molecule has 0 saturated heterocycles. The number of amides is 1. The van der Waals surface area contributed by atoms with E-state index < -0.39 is 6.10 Å². The Bertz CT molecular complexity index is 1960. The third-order valence-corrected chi connectivity index (χ3v) is 7.85. The molecule has 1 unspecified atom stereocenters. The van der Waals surface area contributed by atoms with Crippen LogP contribution < -0.4 is 5.32 Å². The van der Waals surface area contributed by atoms with E-state index in [1.54, 1.807) is 33.6 Å². The average Bonchev–Trinajstić information content (AvgIpc) is 3.65. The number of benzene rings is 2. The molecule has 0 radical (unpaired) electrons. The first-order valence-electron chi connectivity index (χ1n) is 14.6. The van der Waals surface area contributed by atoms with E-state index >= 15 is 0 Å². The number of hydrogen-bond acceptors (Lipinski definition) is 6. The van der Waals surface area contributed by atoms with Crippen LogP contribution in [0, 0.1) is 13.8 Å². The van der Waals surface area contributed by atoms with Crippen molar-refractivity contribution in [3.8, 4) is 16.9 Å². The highest BCUT2D eigenvalue weighted by atomic mass is 16.3. The van der Waals surface area contributed by atoms with Crippen LogP contribution in [0.2, 0.25) is 0 Å². The molecule has 0 fully saturated rings. The number of carbonyl (C=O) groups is 1. The predicted molar refractivity (Wildman–Crippen MR) is 167 cm³/mol. The van der Waals surface area contributed by atoms with E-state index in [0.29, 0.717) is 12.1 Å². The summed E-state index contributed by atoms with van der Waals surface area (Å²) in [6, 6.07) is 15.2. The molecule has 0 spiro atoms. The Morgan fingerprint density at radius 1 is 1.02 bits per heavy atom. The number of aliphatic hydroxyl groups is 1. The van der Waals surface area contributed by atoms with Crippen LogP contribution in [0.5, 0.6) is 0 Å². The monoisotopic (exact) mass is 576 g/mol. The van der Waals surface area contributed by atoms with Gasteiger partial charge in [-0.3, -0.25) is 14.2 Å². The van der Waals surface area contributed by atoms with Crippen molar-refractivity contribution in [1.82, 2.24) is 39.6 Å². The number of aliphatic hydroxyl groups excluding tert-OH is 1. The van der Waals surface area contributed by atoms with Gasteiger partial charge in [0.15, 0.2) is 5.65 Å². The summed E-state index contributed by atoms with van der Waals surface area (Å²) in [6.07, 6.45) is 3.16. The average molecular weight is 577 g/mol. The van der Waals surface area contributed by atoms with E-state index in [4.69, 9.17) is 15.2 Å². The Labute approximate surface area is 250 Å². The molecule has 0 saturated carbocycles. The molecule has 2 aromatic carbocycles. The quantitative estimate of drug-likeness (QED) is 0.251. The molecule has 0 aliphatic heterocycles. The summed E-state index contributed by atoms with van der Waals surface area (Å²) < 4.78 is 5.55. The van der Waals surface area contributed by atoms with E-state index in [1.165, 1.54) is 0 Å². The second-order valence-corrected chi connectivity index (χ2v) is 11.3. The van der Waals surface area contributed by atoms with Crippen molar-refractivity contribution < 1.29 is 9.90 Å². The first-order chi connectivity index (χ1) is 20.6. The number of carbonyl (C=O) groups excluding carboxylic acids is 1. The Hall–Kier alpha value is -4.83. The SMILES string of the molecule is CCNC(=O)c1ccc(C(O)Cn2cc3c(-c4nn(-c5cc6cn(C)nc6nc5C)c(C)c4C(C)C)cccc3n2)cc1. The number of fused-ring (bicyclic) bond motifs is 2. The smallest absolute Gasteiger partial charge is 0.251 e. The first kappa shape index (κ1) is 28.3. The fraction of sp³-hybridized carbons (Fsp3) is 0.303. The molecule has 4 aromatic heterocycles. The normalized spacial score (nSPS) is 12.5. The lowest BCUT2D eigenvalue weighted by atomic mass is 9.95. The predicted octanol–water partition coefficient (Wildman–Crippen LogP) is 5.39. The molecule has 6 rings (SSSR count). The fourth-order valence-corrected chi connectivity index (χ4v) is 5.80. The highest BCUT2D eigenvalue weighted by molar-refractivity contribution is 5.95. The van der Waals surface area contributed by atoms with Gasteiger partial charge in [-0.15, -0.1) is 0 Å². The molecule has 0 aliphatic rings. The number of aryl methyl sites for hydroxylation is 2. The van der Waals surface area contributed by atoms with Crippen molar-refractivity contribution in [2.24, 2.45) is 7.05 Å². The van der Waals surface area contributed by atoms with Gasteiger partial charge in [-0.2, -0.15) is 15.3 Å². The minimum absolute atomic E-state index is 0.128. The van der Waals surface area contributed by atoms with Gasteiger partial charge in [-0.1, -0.05) is 38.1 Å². The minimum atomic E-state index is -0.786. The molecule has 10 heteroatoms. The molecule has 4 heterocycles. The number of pyridine rings is 1. The van der Waals surface area contributed by atoms with Gasteiger partial charge in [0.05, 0.1) is 35.2 Å². The van der Waals surface area contributed by atoms with Gasteiger partial charge in [0, 0.05) is 59.1 Å². The first-order valence-corrected chi connectivity index (χ1v) is 14.6. The Morgan fingerprint density at radius 3 is 2.51 bits per heavy atom. The summed E-state index contributed by atoms with van der Waals surface area (Å²) in [5, 5.41) is 30.2. The van der Waals surface area contributed by atoms with Crippen molar-refractivity contribution >= 4 is 27.8 Å². The standard InChI is InChI=1S/C33H36N8O2/c1-7-34-33(43)23-13-11-22(12-14-23)29(42)18-40-17-26-25(9-8-10-27(26)36-40)31-30(19(2)3)21(5)41(37-31)28-15-24-16-39(6)38-32(24)35-20(28)4/h8-17,19,29,42H,7,18H2,1-6H3,(H,34,43). The zero-order chi connectivity index (χ0) is 30.4. The van der Waals surface area contributed by atoms with Crippen molar-refractivity contribution in [2.45, 2.75) is 53.2 Å². The number of nitrogens with one attached hydrogen (secondary N) is 1. The fourth-order valence-electron chi connectivity index (χ4n) is 5.80. The Kier molecular flexibility index (Phi) is 7.31. The Balaban J connectivity index is 1.37. The zero-order valence-electron chi connectivity index (χ0n) is 25.3. The Morgan fingerprint density at radius 2 is 1.79 bits per heavy atom. The molecule has 2 N–H and O–H groups in total. The maximum atomic E-state index is 12.1. The van der Waals surface area contributed by atoms with E-state index in [0.717, 1.165) is 61.4 Å². The summed E-state index contributed by atoms with van der Waals surface area (Å²) in [4.78, 5) is 16.9. The van der Waals surface area contributed by atoms with E-state index in [-0.39, 0.29) is 18.4 Å². The number of rotatable bonds is 8. The minimum Gasteiger partial charge on any atom is -0.386 e. The molecule has 43 heavy (non-hydrogen) atoms. The van der Waals surface area contributed by atoms with E-state index in [1.807, 2.05) is 50.1 Å². The van der Waals surface area contributed by atoms with Crippen molar-refractivity contribution in [2.75, 3.05) is 6.54 Å². The molecule has 6 aromatic rings. The third kappa shape index (κ3) is 5.18. The summed E-state index contributed by atoms with van der Waals surface area (Å²) in [5.41, 5.74) is 8.74. The summed E-state index contributed by atoms with van der Waals surface area (Å²) in [5.74, 6) is 0.102. The molecule has 1 amide bonds. The van der Waals surface area contributed by atoms with Crippen LogP contribution >= 0.6 is 0 Å². The second kappa shape index (κ2) is 11.1. The van der Waals surface area contributed by atoms with Gasteiger partial charge < -0.3 is 10.4 Å². The van der Waals surface area contributed by atoms with Crippen LogP contribution in [-0.2, 0) is 13.6 Å². The number of hydrogen-bond donors (Lipinski definition) is 2. The van der Waals surface area contributed by atoms with Crippen LogP contribution in [0.15, 0.2) is 60.9 Å². The van der Waals surface area contributed by atoms with Crippen LogP contribution in [-0.4, -0.2) is 51.9 Å². The summed E-state index contributed by atoms with van der Waals surface area (Å²) in [7, 11) is 1.90. The number of aromatic nitrogens is 7. The molecule has 0 aliphatic carbocycles. The molecule has 10 nitrogen and oxygen atoms in total. The van der Waals surface area contributed by atoms with Gasteiger partial charge in [0.2, 0.25) is 0 Å². The second-order valence-electron chi connectivity index (χ2n) is 11.3. The molecule has 220 valence electrons. The highest BCUT2D eigenvalue weighted by Gasteiger charge is 2.23. The van der Waals surface area contributed by atoms with Gasteiger partial charge >= 0.3 is 0 Å².